The molecule has 2 aromatic rings. The van der Waals surface area contributed by atoms with E-state index in [1.807, 2.05) is 24.3 Å². The number of nitrogens with one attached hydrogen (secondary N) is 1. The molecule has 0 fully saturated rings. The summed E-state index contributed by atoms with van der Waals surface area (Å²) in [5.74, 6) is 0.580. The molecule has 1 N–H and O–H groups in total. The number of hydrogen-bond donors (Lipinski definition) is 1. The molecule has 0 aliphatic rings. The van der Waals surface area contributed by atoms with E-state index in [0.717, 1.165) is 11.0 Å². The lowest BCUT2D eigenvalue weighted by Crippen LogP contribution is -2.09. The first kappa shape index (κ1) is 13.1. The number of para-hydroxylation sites is 1. The van der Waals surface area contributed by atoms with Gasteiger partial charge >= 0.3 is 0 Å². The summed E-state index contributed by atoms with van der Waals surface area (Å²) in [4.78, 5) is 7.86. The van der Waals surface area contributed by atoms with Crippen molar-refractivity contribution in [3.05, 3.63) is 41.8 Å². The Kier molecular flexibility index (Phi) is 3.69. The third-order valence-electron chi connectivity index (χ3n) is 2.37. The largest absolute Gasteiger partial charge is 0.339 e. The SMILES string of the molecule is CP(C)(=O)c1ccccc1Nc1ccnc(Cl)n1. The van der Waals surface area contributed by atoms with Gasteiger partial charge in [0.2, 0.25) is 5.28 Å². The lowest BCUT2D eigenvalue weighted by atomic mass is 10.3. The van der Waals surface area contributed by atoms with Crippen molar-refractivity contribution < 1.29 is 4.57 Å². The van der Waals surface area contributed by atoms with E-state index in [1.165, 1.54) is 0 Å². The van der Waals surface area contributed by atoms with Crippen LogP contribution >= 0.6 is 18.7 Å². The maximum atomic E-state index is 12.2. The summed E-state index contributed by atoms with van der Waals surface area (Å²) in [6, 6.07) is 9.17. The molecule has 0 saturated heterocycles. The van der Waals surface area contributed by atoms with Crippen molar-refractivity contribution >= 4 is 35.6 Å². The van der Waals surface area contributed by atoms with Gasteiger partial charge in [-0.2, -0.15) is 0 Å². The van der Waals surface area contributed by atoms with E-state index in [0.29, 0.717) is 5.82 Å². The van der Waals surface area contributed by atoms with Crippen molar-refractivity contribution in [2.24, 2.45) is 0 Å². The standard InChI is InChI=1S/C12H13ClN3OP/c1-18(2,17)10-6-4-3-5-9(10)15-11-7-8-14-12(13)16-11/h3-8H,1-2H3,(H,14,15,16). The number of hydrogen-bond acceptors (Lipinski definition) is 4. The molecule has 18 heavy (non-hydrogen) atoms. The molecule has 0 spiro atoms. The number of nitrogens with zero attached hydrogens (tertiary/aromatic N) is 2. The molecule has 0 aliphatic heterocycles. The highest BCUT2D eigenvalue weighted by Gasteiger charge is 2.15. The average molecular weight is 282 g/mol. The van der Waals surface area contributed by atoms with Gasteiger partial charge in [0.15, 0.2) is 0 Å². The summed E-state index contributed by atoms with van der Waals surface area (Å²) in [6.07, 6.45) is 1.57. The first-order valence-electron chi connectivity index (χ1n) is 5.37. The van der Waals surface area contributed by atoms with Crippen molar-refractivity contribution in [2.75, 3.05) is 18.6 Å². The van der Waals surface area contributed by atoms with Crippen LogP contribution < -0.4 is 10.6 Å². The smallest absolute Gasteiger partial charge is 0.224 e. The average Bonchev–Trinajstić information content (AvgIpc) is 2.28. The second kappa shape index (κ2) is 5.09. The maximum Gasteiger partial charge on any atom is 0.224 e. The van der Waals surface area contributed by atoms with Gasteiger partial charge < -0.3 is 9.88 Å². The number of aromatic nitrogens is 2. The van der Waals surface area contributed by atoms with E-state index in [2.05, 4.69) is 15.3 Å². The van der Waals surface area contributed by atoms with E-state index >= 15 is 0 Å². The molecular weight excluding hydrogens is 269 g/mol. The van der Waals surface area contributed by atoms with Crippen LogP contribution in [0.4, 0.5) is 11.5 Å². The summed E-state index contributed by atoms with van der Waals surface area (Å²) in [5.41, 5.74) is 0.778. The van der Waals surface area contributed by atoms with Gasteiger partial charge in [-0.1, -0.05) is 12.1 Å². The van der Waals surface area contributed by atoms with Gasteiger partial charge in [0.25, 0.3) is 0 Å². The third kappa shape index (κ3) is 3.09. The molecule has 6 heteroatoms. The summed E-state index contributed by atoms with van der Waals surface area (Å²) < 4.78 is 12.2. The van der Waals surface area contributed by atoms with Crippen molar-refractivity contribution in [3.8, 4) is 0 Å². The van der Waals surface area contributed by atoms with Crippen LogP contribution in [0.5, 0.6) is 0 Å². The molecule has 94 valence electrons. The second-order valence-electron chi connectivity index (χ2n) is 4.20. The highest BCUT2D eigenvalue weighted by atomic mass is 35.5. The van der Waals surface area contributed by atoms with E-state index in [-0.39, 0.29) is 5.28 Å². The van der Waals surface area contributed by atoms with Gasteiger partial charge in [0.1, 0.15) is 13.0 Å². The summed E-state index contributed by atoms with van der Waals surface area (Å²) in [6.45, 7) is 3.47. The van der Waals surface area contributed by atoms with E-state index in [4.69, 9.17) is 11.6 Å². The second-order valence-corrected chi connectivity index (χ2v) is 7.73. The zero-order valence-corrected chi connectivity index (χ0v) is 11.7. The van der Waals surface area contributed by atoms with Crippen LogP contribution in [0.25, 0.3) is 0 Å². The summed E-state index contributed by atoms with van der Waals surface area (Å²) >= 11 is 5.72. The third-order valence-corrected chi connectivity index (χ3v) is 4.11. The van der Waals surface area contributed by atoms with Crippen molar-refractivity contribution in [2.45, 2.75) is 0 Å². The predicted octanol–water partition coefficient (Wildman–Crippen LogP) is 3.12. The van der Waals surface area contributed by atoms with Crippen molar-refractivity contribution in [1.82, 2.24) is 9.97 Å². The molecule has 4 nitrogen and oxygen atoms in total. The number of halogens is 1. The molecule has 1 aromatic heterocycles. The van der Waals surface area contributed by atoms with Crippen LogP contribution in [0.15, 0.2) is 36.5 Å². The molecule has 0 saturated carbocycles. The highest BCUT2D eigenvalue weighted by molar-refractivity contribution is 7.70. The molecule has 0 bridgehead atoms. The highest BCUT2D eigenvalue weighted by Crippen LogP contribution is 2.38. The Morgan fingerprint density at radius 3 is 2.61 bits per heavy atom. The Labute approximate surface area is 111 Å². The number of anilines is 2. The molecule has 0 atom stereocenters. The quantitative estimate of drug-likeness (QED) is 0.694. The summed E-state index contributed by atoms with van der Waals surface area (Å²) in [5, 5.41) is 4.08. The normalized spacial score (nSPS) is 11.3. The van der Waals surface area contributed by atoms with Crippen molar-refractivity contribution in [1.29, 1.82) is 0 Å². The van der Waals surface area contributed by atoms with Gasteiger partial charge in [-0.3, -0.25) is 0 Å². The lowest BCUT2D eigenvalue weighted by molar-refractivity contribution is 0.588. The van der Waals surface area contributed by atoms with E-state index < -0.39 is 7.14 Å². The lowest BCUT2D eigenvalue weighted by Gasteiger charge is -2.14. The topological polar surface area (TPSA) is 54.9 Å². The molecule has 1 aromatic carbocycles. The van der Waals surface area contributed by atoms with Crippen LogP contribution in [0.2, 0.25) is 5.28 Å². The van der Waals surface area contributed by atoms with Crippen LogP contribution in [0, 0.1) is 0 Å². The predicted molar refractivity (Wildman–Crippen MR) is 75.9 cm³/mol. The van der Waals surface area contributed by atoms with Gasteiger partial charge in [-0.05, 0) is 43.1 Å². The fraction of sp³-hybridized carbons (Fsp3) is 0.167. The molecule has 0 radical (unpaired) electrons. The van der Waals surface area contributed by atoms with Gasteiger partial charge in [-0.25, -0.2) is 9.97 Å². The minimum Gasteiger partial charge on any atom is -0.339 e. The van der Waals surface area contributed by atoms with Gasteiger partial charge in [0.05, 0.1) is 5.69 Å². The minimum atomic E-state index is -2.34. The summed E-state index contributed by atoms with van der Waals surface area (Å²) in [7, 11) is -2.34. The van der Waals surface area contributed by atoms with Crippen LogP contribution in [-0.2, 0) is 4.57 Å². The van der Waals surface area contributed by atoms with E-state index in [9.17, 15) is 4.57 Å². The van der Waals surface area contributed by atoms with E-state index in [1.54, 1.807) is 25.6 Å². The minimum absolute atomic E-state index is 0.175. The maximum absolute atomic E-state index is 12.2. The molecule has 2 rings (SSSR count). The first-order valence-corrected chi connectivity index (χ1v) is 8.35. The van der Waals surface area contributed by atoms with Gasteiger partial charge in [0, 0.05) is 11.5 Å². The van der Waals surface area contributed by atoms with Crippen LogP contribution in [0.1, 0.15) is 0 Å². The Morgan fingerprint density at radius 1 is 1.22 bits per heavy atom. The Bertz CT molecular complexity index is 612. The van der Waals surface area contributed by atoms with Crippen molar-refractivity contribution in [3.63, 3.8) is 0 Å². The number of benzene rings is 1. The zero-order valence-electron chi connectivity index (χ0n) is 10.1. The van der Waals surface area contributed by atoms with Gasteiger partial charge in [-0.15, -0.1) is 0 Å². The Balaban J connectivity index is 2.38. The monoisotopic (exact) mass is 281 g/mol. The fourth-order valence-corrected chi connectivity index (χ4v) is 2.89. The molecular formula is C12H13ClN3OP. The molecule has 0 amide bonds. The molecule has 1 heterocycles. The zero-order chi connectivity index (χ0) is 13.2. The molecule has 0 unspecified atom stereocenters. The number of rotatable bonds is 3. The van der Waals surface area contributed by atoms with Crippen LogP contribution in [0.3, 0.4) is 0 Å². The first-order chi connectivity index (χ1) is 8.47. The van der Waals surface area contributed by atoms with Crippen LogP contribution in [-0.4, -0.2) is 23.3 Å². The Morgan fingerprint density at radius 2 is 1.94 bits per heavy atom. The molecule has 0 aliphatic carbocycles. The Hall–Kier alpha value is -1.38. The fourth-order valence-electron chi connectivity index (χ4n) is 1.59.